The third-order valence-electron chi connectivity index (χ3n) is 5.72. The first-order valence-electron chi connectivity index (χ1n) is 8.88. The number of piperidine rings is 2. The monoisotopic (exact) mass is 354 g/mol. The molecule has 3 rings (SSSR count). The molecule has 3 fully saturated rings. The molecule has 1 spiro atoms. The van der Waals surface area contributed by atoms with Crippen LogP contribution in [-0.4, -0.2) is 70.4 Å². The summed E-state index contributed by atoms with van der Waals surface area (Å²) in [6, 6.07) is 0. The lowest BCUT2D eigenvalue weighted by Crippen LogP contribution is -2.42. The predicted molar refractivity (Wildman–Crippen MR) is 91.7 cm³/mol. The normalized spacial score (nSPS) is 25.6. The summed E-state index contributed by atoms with van der Waals surface area (Å²) in [6.07, 6.45) is 6.29. The minimum Gasteiger partial charge on any atom is -0.481 e. The van der Waals surface area contributed by atoms with Crippen molar-refractivity contribution in [3.05, 3.63) is 0 Å². The van der Waals surface area contributed by atoms with Gasteiger partial charge in [-0.05, 0) is 43.9 Å². The van der Waals surface area contributed by atoms with E-state index in [2.05, 4.69) is 0 Å². The largest absolute Gasteiger partial charge is 0.481 e. The van der Waals surface area contributed by atoms with Crippen molar-refractivity contribution in [2.24, 2.45) is 11.3 Å². The second-order valence-corrected chi connectivity index (χ2v) is 8.26. The molecule has 134 valence electrons. The molecule has 0 bridgehead atoms. The number of rotatable bonds is 5. The Morgan fingerprint density at radius 2 is 1.62 bits per heavy atom. The second kappa shape index (κ2) is 7.33. The van der Waals surface area contributed by atoms with Gasteiger partial charge in [0, 0.05) is 32.1 Å². The van der Waals surface area contributed by atoms with E-state index in [0.29, 0.717) is 19.0 Å². The fraction of sp³-hybridized carbons (Fsp3) is 0.824. The maximum atomic E-state index is 12.6. The van der Waals surface area contributed by atoms with Gasteiger partial charge in [-0.2, -0.15) is 0 Å². The molecule has 2 saturated heterocycles. The number of carbonyl (C=O) groups is 3. The van der Waals surface area contributed by atoms with E-state index in [4.69, 9.17) is 5.11 Å². The zero-order valence-electron chi connectivity index (χ0n) is 14.0. The van der Waals surface area contributed by atoms with Gasteiger partial charge in [-0.1, -0.05) is 0 Å². The van der Waals surface area contributed by atoms with Crippen LogP contribution in [0.1, 0.15) is 38.5 Å². The van der Waals surface area contributed by atoms with E-state index in [1.54, 1.807) is 0 Å². The van der Waals surface area contributed by atoms with Gasteiger partial charge in [0.25, 0.3) is 0 Å². The van der Waals surface area contributed by atoms with Gasteiger partial charge in [0.1, 0.15) is 0 Å². The molecule has 0 aromatic heterocycles. The first kappa shape index (κ1) is 17.6. The van der Waals surface area contributed by atoms with Crippen molar-refractivity contribution in [2.75, 3.05) is 37.7 Å². The number of hydrogen-bond donors (Lipinski definition) is 1. The Labute approximate surface area is 146 Å². The molecule has 1 N–H and O–H groups in total. The van der Waals surface area contributed by atoms with Crippen LogP contribution >= 0.6 is 11.8 Å². The fourth-order valence-corrected chi connectivity index (χ4v) is 4.74. The number of carbonyl (C=O) groups excluding carboxylic acids is 2. The van der Waals surface area contributed by atoms with E-state index in [1.807, 2.05) is 9.80 Å². The summed E-state index contributed by atoms with van der Waals surface area (Å²) in [5, 5.41) is 8.62. The summed E-state index contributed by atoms with van der Waals surface area (Å²) in [4.78, 5) is 39.1. The Bertz CT molecular complexity index is 511. The molecule has 24 heavy (non-hydrogen) atoms. The lowest BCUT2D eigenvalue weighted by Gasteiger charge is -2.34. The molecular weight excluding hydrogens is 328 g/mol. The highest BCUT2D eigenvalue weighted by Crippen LogP contribution is 2.60. The van der Waals surface area contributed by atoms with Crippen molar-refractivity contribution in [3.8, 4) is 0 Å². The van der Waals surface area contributed by atoms with Crippen molar-refractivity contribution in [1.82, 2.24) is 9.80 Å². The summed E-state index contributed by atoms with van der Waals surface area (Å²) in [5.41, 5.74) is 0.138. The van der Waals surface area contributed by atoms with E-state index in [-0.39, 0.29) is 28.7 Å². The number of nitrogens with zero attached hydrogens (tertiary/aromatic N) is 2. The van der Waals surface area contributed by atoms with Gasteiger partial charge in [-0.3, -0.25) is 14.4 Å². The van der Waals surface area contributed by atoms with Gasteiger partial charge < -0.3 is 14.9 Å². The molecule has 1 unspecified atom stereocenters. The number of carboxylic acids is 1. The molecule has 3 aliphatic rings. The second-order valence-electron chi connectivity index (χ2n) is 7.27. The minimum absolute atomic E-state index is 0.0238. The van der Waals surface area contributed by atoms with Crippen LogP contribution in [0.3, 0.4) is 0 Å². The van der Waals surface area contributed by atoms with Crippen molar-refractivity contribution < 1.29 is 19.5 Å². The highest BCUT2D eigenvalue weighted by molar-refractivity contribution is 8.00. The summed E-state index contributed by atoms with van der Waals surface area (Å²) >= 11 is 1.15. The Kier molecular flexibility index (Phi) is 5.37. The number of amides is 2. The zero-order valence-corrected chi connectivity index (χ0v) is 14.9. The average molecular weight is 354 g/mol. The highest BCUT2D eigenvalue weighted by atomic mass is 32.2. The van der Waals surface area contributed by atoms with Crippen LogP contribution in [-0.2, 0) is 14.4 Å². The first-order chi connectivity index (χ1) is 11.5. The van der Waals surface area contributed by atoms with Crippen LogP contribution in [0.4, 0.5) is 0 Å². The summed E-state index contributed by atoms with van der Waals surface area (Å²) in [6.45, 7) is 3.24. The van der Waals surface area contributed by atoms with E-state index < -0.39 is 5.97 Å². The lowest BCUT2D eigenvalue weighted by molar-refractivity contribution is -0.135. The van der Waals surface area contributed by atoms with Crippen molar-refractivity contribution in [1.29, 1.82) is 0 Å². The number of aliphatic carboxylic acids is 1. The molecule has 0 aromatic rings. The van der Waals surface area contributed by atoms with Crippen LogP contribution in [0.2, 0.25) is 0 Å². The number of hydrogen-bond acceptors (Lipinski definition) is 4. The molecule has 0 aromatic carbocycles. The van der Waals surface area contributed by atoms with Crippen LogP contribution in [0.5, 0.6) is 0 Å². The molecule has 6 nitrogen and oxygen atoms in total. The van der Waals surface area contributed by atoms with Gasteiger partial charge in [-0.25, -0.2) is 0 Å². The van der Waals surface area contributed by atoms with Crippen molar-refractivity contribution >= 4 is 29.5 Å². The average Bonchev–Trinajstić information content (AvgIpc) is 3.28. The van der Waals surface area contributed by atoms with Gasteiger partial charge >= 0.3 is 5.97 Å². The topological polar surface area (TPSA) is 77.9 Å². The summed E-state index contributed by atoms with van der Waals surface area (Å²) in [5.74, 6) is -0.149. The number of thioether (sulfide) groups is 1. The third kappa shape index (κ3) is 3.87. The van der Waals surface area contributed by atoms with Crippen LogP contribution < -0.4 is 0 Å². The maximum absolute atomic E-state index is 12.6. The Morgan fingerprint density at radius 1 is 0.958 bits per heavy atom. The molecule has 2 heterocycles. The predicted octanol–water partition coefficient (Wildman–Crippen LogP) is 1.45. The third-order valence-corrected chi connectivity index (χ3v) is 6.62. The number of carboxylic acid groups (broad SMARTS) is 1. The van der Waals surface area contributed by atoms with Gasteiger partial charge in [0.15, 0.2) is 0 Å². The van der Waals surface area contributed by atoms with E-state index in [1.165, 1.54) is 6.42 Å². The molecule has 0 radical (unpaired) electrons. The molecular formula is C17H26N2O4S. The SMILES string of the molecule is O=C(O)CSCC(=O)N1CCC2(CC1)CC2C(=O)N1CCCCC1. The maximum Gasteiger partial charge on any atom is 0.313 e. The molecule has 2 amide bonds. The fourth-order valence-electron chi connectivity index (χ4n) is 4.10. The number of likely N-dealkylation sites (tertiary alicyclic amines) is 2. The lowest BCUT2D eigenvalue weighted by atomic mass is 9.90. The molecule has 1 atom stereocenters. The van der Waals surface area contributed by atoms with E-state index in [0.717, 1.165) is 57.0 Å². The molecule has 7 heteroatoms. The van der Waals surface area contributed by atoms with Crippen LogP contribution in [0.25, 0.3) is 0 Å². The quantitative estimate of drug-likeness (QED) is 0.808. The Morgan fingerprint density at radius 3 is 2.25 bits per heavy atom. The van der Waals surface area contributed by atoms with Gasteiger partial charge in [0.05, 0.1) is 11.5 Å². The molecule has 1 saturated carbocycles. The Hall–Kier alpha value is -1.24. The van der Waals surface area contributed by atoms with E-state index in [9.17, 15) is 14.4 Å². The zero-order chi connectivity index (χ0) is 17.2. The minimum atomic E-state index is -0.887. The molecule has 2 aliphatic heterocycles. The van der Waals surface area contributed by atoms with Gasteiger partial charge in [-0.15, -0.1) is 11.8 Å². The van der Waals surface area contributed by atoms with Crippen molar-refractivity contribution in [3.63, 3.8) is 0 Å². The van der Waals surface area contributed by atoms with Crippen LogP contribution in [0.15, 0.2) is 0 Å². The summed E-state index contributed by atoms with van der Waals surface area (Å²) in [7, 11) is 0. The van der Waals surface area contributed by atoms with Crippen LogP contribution in [0, 0.1) is 11.3 Å². The Balaban J connectivity index is 1.43. The summed E-state index contributed by atoms with van der Waals surface area (Å²) < 4.78 is 0. The smallest absolute Gasteiger partial charge is 0.313 e. The van der Waals surface area contributed by atoms with Gasteiger partial charge in [0.2, 0.25) is 11.8 Å². The van der Waals surface area contributed by atoms with E-state index >= 15 is 0 Å². The highest BCUT2D eigenvalue weighted by Gasteiger charge is 2.59. The van der Waals surface area contributed by atoms with Crippen molar-refractivity contribution in [2.45, 2.75) is 38.5 Å². The molecule has 1 aliphatic carbocycles. The standard InChI is InChI=1S/C17H26N2O4S/c20-14(11-24-12-15(21)22)18-8-4-17(5-9-18)10-13(17)16(23)19-6-2-1-3-7-19/h13H,1-12H2,(H,21,22). The first-order valence-corrected chi connectivity index (χ1v) is 10.0.